The molecule has 5 heteroatoms. The zero-order valence-electron chi connectivity index (χ0n) is 6.49. The minimum atomic E-state index is -0.934. The first-order valence-electron chi connectivity index (χ1n) is 3.69. The van der Waals surface area contributed by atoms with Gasteiger partial charge >= 0.3 is 11.9 Å². The summed E-state index contributed by atoms with van der Waals surface area (Å²) in [5, 5.41) is 16.9. The van der Waals surface area contributed by atoms with E-state index in [4.69, 9.17) is 15.9 Å². The van der Waals surface area contributed by atoms with Crippen LogP contribution in [0, 0.1) is 5.92 Å². The average molecular weight is 173 g/mol. The van der Waals surface area contributed by atoms with Crippen LogP contribution in [0.4, 0.5) is 0 Å². The molecular weight excluding hydrogens is 162 g/mol. The first kappa shape index (κ1) is 8.99. The van der Waals surface area contributed by atoms with Crippen molar-refractivity contribution in [3.8, 4) is 0 Å². The maximum Gasteiger partial charge on any atom is 0.308 e. The highest BCUT2D eigenvalue weighted by molar-refractivity contribution is 5.76. The largest absolute Gasteiger partial charge is 0.481 e. The Kier molecular flexibility index (Phi) is 2.06. The van der Waals surface area contributed by atoms with Gasteiger partial charge in [0.1, 0.15) is 0 Å². The number of rotatable bonds is 4. The third-order valence-corrected chi connectivity index (χ3v) is 2.22. The molecule has 0 saturated heterocycles. The van der Waals surface area contributed by atoms with Gasteiger partial charge in [0.2, 0.25) is 0 Å². The number of carboxylic acids is 2. The van der Waals surface area contributed by atoms with Crippen molar-refractivity contribution < 1.29 is 19.8 Å². The summed E-state index contributed by atoms with van der Waals surface area (Å²) in [7, 11) is 0. The third-order valence-electron chi connectivity index (χ3n) is 2.22. The van der Waals surface area contributed by atoms with Crippen molar-refractivity contribution in [2.45, 2.75) is 24.8 Å². The Bertz CT molecular complexity index is 227. The van der Waals surface area contributed by atoms with Crippen molar-refractivity contribution in [2.75, 3.05) is 0 Å². The first-order chi connectivity index (χ1) is 5.46. The molecule has 0 spiro atoms. The molecular formula is C7H11NO4. The summed E-state index contributed by atoms with van der Waals surface area (Å²) < 4.78 is 0. The van der Waals surface area contributed by atoms with Gasteiger partial charge in [-0.2, -0.15) is 0 Å². The van der Waals surface area contributed by atoms with E-state index >= 15 is 0 Å². The van der Waals surface area contributed by atoms with Crippen LogP contribution in [0.3, 0.4) is 0 Å². The number of carbonyl (C=O) groups is 2. The van der Waals surface area contributed by atoms with Crippen LogP contribution in [0.5, 0.6) is 0 Å². The van der Waals surface area contributed by atoms with Crippen LogP contribution in [0.15, 0.2) is 0 Å². The van der Waals surface area contributed by atoms with Crippen LogP contribution in [0.2, 0.25) is 0 Å². The SMILES string of the molecule is NC1(CCC(=O)O)CC1C(=O)O. The van der Waals surface area contributed by atoms with Crippen molar-refractivity contribution in [3.63, 3.8) is 0 Å². The molecule has 1 aliphatic carbocycles. The number of hydrogen-bond acceptors (Lipinski definition) is 3. The Morgan fingerprint density at radius 1 is 1.50 bits per heavy atom. The van der Waals surface area contributed by atoms with E-state index in [0.29, 0.717) is 6.42 Å². The molecule has 1 aliphatic rings. The number of hydrogen-bond donors (Lipinski definition) is 3. The van der Waals surface area contributed by atoms with Gasteiger partial charge in [-0.15, -0.1) is 0 Å². The summed E-state index contributed by atoms with van der Waals surface area (Å²) >= 11 is 0. The molecule has 1 rings (SSSR count). The zero-order chi connectivity index (χ0) is 9.35. The van der Waals surface area contributed by atoms with Crippen molar-refractivity contribution in [1.29, 1.82) is 0 Å². The number of carboxylic acid groups (broad SMARTS) is 2. The molecule has 5 nitrogen and oxygen atoms in total. The highest BCUT2D eigenvalue weighted by Crippen LogP contribution is 2.44. The molecule has 0 aromatic rings. The van der Waals surface area contributed by atoms with Crippen molar-refractivity contribution in [1.82, 2.24) is 0 Å². The smallest absolute Gasteiger partial charge is 0.308 e. The zero-order valence-corrected chi connectivity index (χ0v) is 6.49. The Balaban J connectivity index is 2.35. The maximum absolute atomic E-state index is 10.4. The molecule has 68 valence electrons. The summed E-state index contributed by atoms with van der Waals surface area (Å²) in [6.45, 7) is 0. The topological polar surface area (TPSA) is 101 Å². The van der Waals surface area contributed by atoms with Crippen LogP contribution in [0.1, 0.15) is 19.3 Å². The van der Waals surface area contributed by atoms with Crippen LogP contribution in [-0.4, -0.2) is 27.7 Å². The minimum absolute atomic E-state index is 0.0553. The van der Waals surface area contributed by atoms with Gasteiger partial charge in [0.15, 0.2) is 0 Å². The lowest BCUT2D eigenvalue weighted by Gasteiger charge is -2.06. The highest BCUT2D eigenvalue weighted by Gasteiger charge is 2.55. The summed E-state index contributed by atoms with van der Waals surface area (Å²) in [4.78, 5) is 20.5. The predicted octanol–water partition coefficient (Wildman–Crippen LogP) is -0.347. The second-order valence-corrected chi connectivity index (χ2v) is 3.22. The van der Waals surface area contributed by atoms with E-state index in [-0.39, 0.29) is 12.8 Å². The van der Waals surface area contributed by atoms with Crippen molar-refractivity contribution >= 4 is 11.9 Å². The predicted molar refractivity (Wildman–Crippen MR) is 39.5 cm³/mol. The van der Waals surface area contributed by atoms with E-state index in [2.05, 4.69) is 0 Å². The molecule has 0 amide bonds. The lowest BCUT2D eigenvalue weighted by Crippen LogP contribution is -2.28. The van der Waals surface area contributed by atoms with Crippen LogP contribution in [-0.2, 0) is 9.59 Å². The fourth-order valence-corrected chi connectivity index (χ4v) is 1.27. The van der Waals surface area contributed by atoms with E-state index in [1.165, 1.54) is 0 Å². The molecule has 0 heterocycles. The van der Waals surface area contributed by atoms with Gasteiger partial charge in [-0.25, -0.2) is 0 Å². The van der Waals surface area contributed by atoms with Crippen LogP contribution in [0.25, 0.3) is 0 Å². The number of nitrogens with two attached hydrogens (primary N) is 1. The van der Waals surface area contributed by atoms with Crippen molar-refractivity contribution in [2.24, 2.45) is 11.7 Å². The Morgan fingerprint density at radius 3 is 2.42 bits per heavy atom. The van der Waals surface area contributed by atoms with Gasteiger partial charge in [0, 0.05) is 12.0 Å². The lowest BCUT2D eigenvalue weighted by atomic mass is 10.1. The van der Waals surface area contributed by atoms with Crippen molar-refractivity contribution in [3.05, 3.63) is 0 Å². The molecule has 0 aromatic carbocycles. The van der Waals surface area contributed by atoms with Crippen LogP contribution < -0.4 is 5.73 Å². The van der Waals surface area contributed by atoms with E-state index in [9.17, 15) is 9.59 Å². The van der Waals surface area contributed by atoms with Gasteiger partial charge in [-0.05, 0) is 12.8 Å². The fraction of sp³-hybridized carbons (Fsp3) is 0.714. The Labute approximate surface area is 69.2 Å². The molecule has 2 unspecified atom stereocenters. The molecule has 1 saturated carbocycles. The molecule has 1 fully saturated rings. The summed E-state index contributed by atoms with van der Waals surface area (Å²) in [6.07, 6.45) is 0.592. The van der Waals surface area contributed by atoms with E-state index in [1.807, 2.05) is 0 Å². The molecule has 4 N–H and O–H groups in total. The monoisotopic (exact) mass is 173 g/mol. The second kappa shape index (κ2) is 2.75. The molecule has 0 bridgehead atoms. The van der Waals surface area contributed by atoms with Gasteiger partial charge in [0.05, 0.1) is 5.92 Å². The summed E-state index contributed by atoms with van der Waals surface area (Å²) in [6, 6.07) is 0. The molecule has 0 aromatic heterocycles. The average Bonchev–Trinajstić information content (AvgIpc) is 2.60. The third kappa shape index (κ3) is 1.73. The minimum Gasteiger partial charge on any atom is -0.481 e. The number of aliphatic carboxylic acids is 2. The maximum atomic E-state index is 10.4. The Morgan fingerprint density at radius 2 is 2.08 bits per heavy atom. The van der Waals surface area contributed by atoms with Gasteiger partial charge in [-0.1, -0.05) is 0 Å². The normalized spacial score (nSPS) is 32.9. The van der Waals surface area contributed by atoms with Gasteiger partial charge in [-0.3, -0.25) is 9.59 Å². The Hall–Kier alpha value is -1.10. The van der Waals surface area contributed by atoms with E-state index in [0.717, 1.165) is 0 Å². The summed E-state index contributed by atoms with van der Waals surface area (Å²) in [5.41, 5.74) is 4.84. The molecule has 2 atom stereocenters. The highest BCUT2D eigenvalue weighted by atomic mass is 16.4. The van der Waals surface area contributed by atoms with Crippen LogP contribution >= 0.6 is 0 Å². The fourth-order valence-electron chi connectivity index (χ4n) is 1.27. The van der Waals surface area contributed by atoms with Gasteiger partial charge < -0.3 is 15.9 Å². The molecule has 12 heavy (non-hydrogen) atoms. The van der Waals surface area contributed by atoms with E-state index < -0.39 is 23.4 Å². The standard InChI is InChI=1S/C7H11NO4/c8-7(2-1-5(9)10)3-4(7)6(11)12/h4H,1-3,8H2,(H,9,10)(H,11,12). The molecule has 0 aliphatic heterocycles. The first-order valence-corrected chi connectivity index (χ1v) is 3.69. The quantitative estimate of drug-likeness (QED) is 0.539. The second-order valence-electron chi connectivity index (χ2n) is 3.22. The van der Waals surface area contributed by atoms with E-state index in [1.54, 1.807) is 0 Å². The lowest BCUT2D eigenvalue weighted by molar-refractivity contribution is -0.140. The van der Waals surface area contributed by atoms with Gasteiger partial charge in [0.25, 0.3) is 0 Å². The summed E-state index contributed by atoms with van der Waals surface area (Å²) in [5.74, 6) is -2.41. The molecule has 0 radical (unpaired) electrons.